The Labute approximate surface area is 104 Å². The number of halogens is 1. The van der Waals surface area contributed by atoms with Crippen LogP contribution in [0.3, 0.4) is 0 Å². The van der Waals surface area contributed by atoms with Gasteiger partial charge in [-0.1, -0.05) is 15.9 Å². The maximum Gasteiger partial charge on any atom is 0.310 e. The van der Waals surface area contributed by atoms with Crippen LogP contribution in [0.4, 0.5) is 5.69 Å². The van der Waals surface area contributed by atoms with Crippen LogP contribution in [0.5, 0.6) is 5.75 Å². The maximum atomic E-state index is 10.9. The molecule has 6 heteroatoms. The number of nitrogens with zero attached hydrogens (tertiary/aromatic N) is 1. The van der Waals surface area contributed by atoms with Crippen molar-refractivity contribution in [3.8, 4) is 5.75 Å². The molecule has 1 aromatic rings. The van der Waals surface area contributed by atoms with Crippen molar-refractivity contribution >= 4 is 29.9 Å². The molecule has 0 bridgehead atoms. The third-order valence-electron chi connectivity index (χ3n) is 1.85. The monoisotopic (exact) mass is 303 g/mol. The van der Waals surface area contributed by atoms with Gasteiger partial charge in [-0.2, -0.15) is 0 Å². The molecule has 16 heavy (non-hydrogen) atoms. The van der Waals surface area contributed by atoms with Crippen LogP contribution in [0, 0.1) is 17.0 Å². The number of nitro groups is 1. The molecule has 0 saturated heterocycles. The molecule has 0 heterocycles. The van der Waals surface area contributed by atoms with E-state index in [-0.39, 0.29) is 5.69 Å². The molecule has 0 aliphatic rings. The minimum Gasteiger partial charge on any atom is -0.540 e. The molecule has 0 spiro atoms. The lowest BCUT2D eigenvalue weighted by Gasteiger charge is -2.19. The van der Waals surface area contributed by atoms with Crippen molar-refractivity contribution in [2.75, 3.05) is 0 Å². The Kier molecular flexibility index (Phi) is 3.74. The smallest absolute Gasteiger partial charge is 0.310 e. The average molecular weight is 304 g/mol. The predicted octanol–water partition coefficient (Wildman–Crippen LogP) is 3.88. The molecule has 0 radical (unpaired) electrons. The van der Waals surface area contributed by atoms with Gasteiger partial charge >= 0.3 is 5.69 Å². The zero-order chi connectivity index (χ0) is 12.5. The SMILES string of the molecule is Cc1cc(O[Si](C)(C)C)c([N+](=O)[O-])cc1Br. The third-order valence-corrected chi connectivity index (χ3v) is 3.54. The fourth-order valence-corrected chi connectivity index (χ4v) is 2.35. The summed E-state index contributed by atoms with van der Waals surface area (Å²) in [6.45, 7) is 7.86. The van der Waals surface area contributed by atoms with Gasteiger partial charge in [-0.3, -0.25) is 10.1 Å². The van der Waals surface area contributed by atoms with E-state index in [0.29, 0.717) is 5.75 Å². The first-order chi connectivity index (χ1) is 7.20. The third kappa shape index (κ3) is 3.31. The molecule has 1 aromatic carbocycles. The van der Waals surface area contributed by atoms with Gasteiger partial charge < -0.3 is 4.43 Å². The Hall–Kier alpha value is -0.883. The summed E-state index contributed by atoms with van der Waals surface area (Å²) in [5.41, 5.74) is 0.943. The highest BCUT2D eigenvalue weighted by atomic mass is 79.9. The van der Waals surface area contributed by atoms with Crippen molar-refractivity contribution < 1.29 is 9.35 Å². The first kappa shape index (κ1) is 13.2. The lowest BCUT2D eigenvalue weighted by Crippen LogP contribution is -2.29. The van der Waals surface area contributed by atoms with E-state index < -0.39 is 13.2 Å². The summed E-state index contributed by atoms with van der Waals surface area (Å²) in [5, 5.41) is 10.9. The molecule has 1 rings (SSSR count). The van der Waals surface area contributed by atoms with Crippen molar-refractivity contribution in [3.63, 3.8) is 0 Å². The van der Waals surface area contributed by atoms with E-state index in [1.807, 2.05) is 26.6 Å². The van der Waals surface area contributed by atoms with E-state index in [1.54, 1.807) is 6.07 Å². The number of rotatable bonds is 3. The van der Waals surface area contributed by atoms with Crippen LogP contribution in [-0.4, -0.2) is 13.2 Å². The zero-order valence-electron chi connectivity index (χ0n) is 9.70. The maximum absolute atomic E-state index is 10.9. The minimum atomic E-state index is -1.84. The first-order valence-corrected chi connectivity index (χ1v) is 9.04. The standard InChI is InChI=1S/C10H14BrNO3Si/c1-7-5-10(15-16(2,3)4)9(12(13)14)6-8(7)11/h5-6H,1-4H3. The van der Waals surface area contributed by atoms with E-state index in [2.05, 4.69) is 15.9 Å². The van der Waals surface area contributed by atoms with Gasteiger partial charge in [0.2, 0.25) is 8.32 Å². The fraction of sp³-hybridized carbons (Fsp3) is 0.400. The molecule has 0 fully saturated rings. The van der Waals surface area contributed by atoms with Gasteiger partial charge in [-0.15, -0.1) is 0 Å². The van der Waals surface area contributed by atoms with Crippen molar-refractivity contribution in [1.82, 2.24) is 0 Å². The molecule has 0 atom stereocenters. The lowest BCUT2D eigenvalue weighted by atomic mass is 10.2. The Morgan fingerprint density at radius 1 is 1.38 bits per heavy atom. The molecular formula is C10H14BrNO3Si. The van der Waals surface area contributed by atoms with E-state index in [9.17, 15) is 10.1 Å². The lowest BCUT2D eigenvalue weighted by molar-refractivity contribution is -0.385. The van der Waals surface area contributed by atoms with Crippen LogP contribution in [0.15, 0.2) is 16.6 Å². The summed E-state index contributed by atoms with van der Waals surface area (Å²) >= 11 is 3.28. The summed E-state index contributed by atoms with van der Waals surface area (Å²) < 4.78 is 6.43. The van der Waals surface area contributed by atoms with Crippen LogP contribution in [0.25, 0.3) is 0 Å². The summed E-state index contributed by atoms with van der Waals surface area (Å²) in [4.78, 5) is 10.5. The quantitative estimate of drug-likeness (QED) is 0.484. The van der Waals surface area contributed by atoms with E-state index >= 15 is 0 Å². The van der Waals surface area contributed by atoms with Crippen LogP contribution >= 0.6 is 15.9 Å². The van der Waals surface area contributed by atoms with Gasteiger partial charge in [0.05, 0.1) is 4.92 Å². The van der Waals surface area contributed by atoms with Gasteiger partial charge in [0.15, 0.2) is 5.75 Å². The second kappa shape index (κ2) is 4.55. The van der Waals surface area contributed by atoms with Crippen molar-refractivity contribution in [3.05, 3.63) is 32.3 Å². The normalized spacial score (nSPS) is 11.3. The van der Waals surface area contributed by atoms with Crippen LogP contribution in [0.1, 0.15) is 5.56 Å². The van der Waals surface area contributed by atoms with Crippen LogP contribution in [0.2, 0.25) is 19.6 Å². The zero-order valence-corrected chi connectivity index (χ0v) is 12.3. The Balaban J connectivity index is 3.25. The number of hydrogen-bond acceptors (Lipinski definition) is 3. The van der Waals surface area contributed by atoms with E-state index in [4.69, 9.17) is 4.43 Å². The van der Waals surface area contributed by atoms with Gasteiger partial charge in [-0.05, 0) is 38.2 Å². The molecule has 4 nitrogen and oxygen atoms in total. The number of hydrogen-bond donors (Lipinski definition) is 0. The first-order valence-electron chi connectivity index (χ1n) is 4.84. The molecule has 0 N–H and O–H groups in total. The van der Waals surface area contributed by atoms with Gasteiger partial charge in [-0.25, -0.2) is 0 Å². The second-order valence-corrected chi connectivity index (χ2v) is 9.82. The van der Waals surface area contributed by atoms with Crippen LogP contribution in [-0.2, 0) is 0 Å². The molecule has 0 aliphatic heterocycles. The summed E-state index contributed by atoms with van der Waals surface area (Å²) in [6.07, 6.45) is 0. The molecule has 0 unspecified atom stereocenters. The molecule has 88 valence electrons. The summed E-state index contributed by atoms with van der Waals surface area (Å²) in [7, 11) is -1.84. The summed E-state index contributed by atoms with van der Waals surface area (Å²) in [6, 6.07) is 3.20. The number of benzene rings is 1. The van der Waals surface area contributed by atoms with Gasteiger partial charge in [0.25, 0.3) is 0 Å². The predicted molar refractivity (Wildman–Crippen MR) is 69.5 cm³/mol. The van der Waals surface area contributed by atoms with E-state index in [0.717, 1.165) is 10.0 Å². The van der Waals surface area contributed by atoms with Crippen molar-refractivity contribution in [2.24, 2.45) is 0 Å². The molecule has 0 aromatic heterocycles. The molecule has 0 amide bonds. The Morgan fingerprint density at radius 2 is 1.94 bits per heavy atom. The topological polar surface area (TPSA) is 52.4 Å². The fourth-order valence-electron chi connectivity index (χ4n) is 1.20. The molecule has 0 saturated carbocycles. The van der Waals surface area contributed by atoms with E-state index in [1.165, 1.54) is 6.07 Å². The van der Waals surface area contributed by atoms with Gasteiger partial charge in [0, 0.05) is 10.5 Å². The largest absolute Gasteiger partial charge is 0.540 e. The average Bonchev–Trinajstić information content (AvgIpc) is 2.07. The second-order valence-electron chi connectivity index (χ2n) is 4.54. The molecule has 0 aliphatic carbocycles. The Morgan fingerprint density at radius 3 is 2.38 bits per heavy atom. The minimum absolute atomic E-state index is 0.0138. The number of aryl methyl sites for hydroxylation is 1. The summed E-state index contributed by atoms with van der Waals surface area (Å²) in [5.74, 6) is 0.366. The van der Waals surface area contributed by atoms with Crippen molar-refractivity contribution in [1.29, 1.82) is 0 Å². The number of nitro benzene ring substituents is 1. The Bertz CT molecular complexity index is 429. The highest BCUT2D eigenvalue weighted by molar-refractivity contribution is 9.10. The highest BCUT2D eigenvalue weighted by Gasteiger charge is 2.23. The van der Waals surface area contributed by atoms with Crippen LogP contribution < -0.4 is 4.43 Å². The molecular weight excluding hydrogens is 290 g/mol. The van der Waals surface area contributed by atoms with Crippen molar-refractivity contribution in [2.45, 2.75) is 26.6 Å². The van der Waals surface area contributed by atoms with Gasteiger partial charge in [0.1, 0.15) is 0 Å². The highest BCUT2D eigenvalue weighted by Crippen LogP contribution is 2.34.